The summed E-state index contributed by atoms with van der Waals surface area (Å²) in [5.74, 6) is 0. The molecule has 1 heterocycles. The largest absolute Gasteiger partial charge is 0.417 e. The lowest BCUT2D eigenvalue weighted by Gasteiger charge is -2.20. The van der Waals surface area contributed by atoms with Crippen LogP contribution < -0.4 is 0 Å². The SMILES string of the molecule is CC(C)(C)c1ncc(C(F)(F)F)cc1Br. The van der Waals surface area contributed by atoms with Gasteiger partial charge >= 0.3 is 6.18 Å². The van der Waals surface area contributed by atoms with Crippen LogP contribution in [-0.4, -0.2) is 4.98 Å². The molecule has 0 aromatic carbocycles. The molecule has 1 aromatic heterocycles. The summed E-state index contributed by atoms with van der Waals surface area (Å²) < 4.78 is 37.4. The first-order chi connectivity index (χ1) is 6.62. The summed E-state index contributed by atoms with van der Waals surface area (Å²) in [5, 5.41) is 0. The molecule has 0 bridgehead atoms. The zero-order valence-corrected chi connectivity index (χ0v) is 10.2. The van der Waals surface area contributed by atoms with Gasteiger partial charge in [0, 0.05) is 16.1 Å². The monoisotopic (exact) mass is 281 g/mol. The molecule has 0 atom stereocenters. The lowest BCUT2D eigenvalue weighted by atomic mass is 9.91. The molecule has 0 amide bonds. The number of pyridine rings is 1. The Labute approximate surface area is 94.8 Å². The lowest BCUT2D eigenvalue weighted by molar-refractivity contribution is -0.137. The minimum absolute atomic E-state index is 0.275. The van der Waals surface area contributed by atoms with Crippen molar-refractivity contribution in [3.8, 4) is 0 Å². The van der Waals surface area contributed by atoms with Crippen LogP contribution in [0.15, 0.2) is 16.7 Å². The average molecular weight is 282 g/mol. The molecule has 0 spiro atoms. The number of nitrogens with zero attached hydrogens (tertiary/aromatic N) is 1. The van der Waals surface area contributed by atoms with Crippen molar-refractivity contribution < 1.29 is 13.2 Å². The lowest BCUT2D eigenvalue weighted by Crippen LogP contribution is -2.16. The van der Waals surface area contributed by atoms with E-state index in [4.69, 9.17) is 0 Å². The Morgan fingerprint density at radius 2 is 1.73 bits per heavy atom. The van der Waals surface area contributed by atoms with Gasteiger partial charge in [0.2, 0.25) is 0 Å². The zero-order valence-electron chi connectivity index (χ0n) is 8.61. The maximum Gasteiger partial charge on any atom is 0.417 e. The van der Waals surface area contributed by atoms with E-state index in [2.05, 4.69) is 20.9 Å². The predicted octanol–water partition coefficient (Wildman–Crippen LogP) is 4.16. The normalized spacial score (nSPS) is 13.0. The van der Waals surface area contributed by atoms with E-state index in [1.54, 1.807) is 0 Å². The summed E-state index contributed by atoms with van der Waals surface area (Å²) in [6, 6.07) is 1.06. The quantitative estimate of drug-likeness (QED) is 0.696. The van der Waals surface area contributed by atoms with Gasteiger partial charge in [-0.25, -0.2) is 0 Å². The van der Waals surface area contributed by atoms with Gasteiger partial charge in [-0.15, -0.1) is 0 Å². The molecule has 1 aromatic rings. The van der Waals surface area contributed by atoms with Crippen molar-refractivity contribution in [2.45, 2.75) is 32.4 Å². The summed E-state index contributed by atoms with van der Waals surface area (Å²) in [6.07, 6.45) is -3.47. The first kappa shape index (κ1) is 12.5. The Morgan fingerprint density at radius 1 is 1.20 bits per heavy atom. The maximum atomic E-state index is 12.3. The van der Waals surface area contributed by atoms with Crippen molar-refractivity contribution >= 4 is 15.9 Å². The Bertz CT molecular complexity index is 366. The van der Waals surface area contributed by atoms with Gasteiger partial charge in [0.1, 0.15) is 0 Å². The van der Waals surface area contributed by atoms with Gasteiger partial charge in [-0.05, 0) is 22.0 Å². The van der Waals surface area contributed by atoms with E-state index >= 15 is 0 Å². The number of aromatic nitrogens is 1. The maximum absolute atomic E-state index is 12.3. The molecule has 1 nitrogen and oxygen atoms in total. The molecule has 84 valence electrons. The summed E-state index contributed by atoms with van der Waals surface area (Å²) in [4.78, 5) is 3.85. The highest BCUT2D eigenvalue weighted by Crippen LogP contribution is 2.34. The molecule has 0 aliphatic rings. The van der Waals surface area contributed by atoms with Crippen molar-refractivity contribution in [3.05, 3.63) is 28.0 Å². The summed E-state index contributed by atoms with van der Waals surface area (Å²) in [6.45, 7) is 5.69. The molecule has 0 unspecified atom stereocenters. The van der Waals surface area contributed by atoms with E-state index in [0.717, 1.165) is 12.3 Å². The van der Waals surface area contributed by atoms with E-state index < -0.39 is 11.7 Å². The van der Waals surface area contributed by atoms with Crippen molar-refractivity contribution in [1.82, 2.24) is 4.98 Å². The van der Waals surface area contributed by atoms with Crippen LogP contribution >= 0.6 is 15.9 Å². The minimum atomic E-state index is -4.34. The number of halogens is 4. The highest BCUT2D eigenvalue weighted by atomic mass is 79.9. The van der Waals surface area contributed by atoms with Crippen LogP contribution in [0.3, 0.4) is 0 Å². The van der Waals surface area contributed by atoms with E-state index in [9.17, 15) is 13.2 Å². The first-order valence-corrected chi connectivity index (χ1v) is 5.15. The van der Waals surface area contributed by atoms with Crippen LogP contribution in [0.1, 0.15) is 32.0 Å². The second-order valence-electron chi connectivity index (χ2n) is 4.30. The van der Waals surface area contributed by atoms with Crippen LogP contribution in [0.4, 0.5) is 13.2 Å². The van der Waals surface area contributed by atoms with Crippen molar-refractivity contribution in [2.75, 3.05) is 0 Å². The highest BCUT2D eigenvalue weighted by molar-refractivity contribution is 9.10. The molecule has 0 fully saturated rings. The Hall–Kier alpha value is -0.580. The van der Waals surface area contributed by atoms with Crippen LogP contribution in [0.5, 0.6) is 0 Å². The third-order valence-corrected chi connectivity index (χ3v) is 2.48. The third-order valence-electron chi connectivity index (χ3n) is 1.88. The Morgan fingerprint density at radius 3 is 2.07 bits per heavy atom. The smallest absolute Gasteiger partial charge is 0.259 e. The van der Waals surface area contributed by atoms with Crippen LogP contribution in [0, 0.1) is 0 Å². The van der Waals surface area contributed by atoms with Gasteiger partial charge in [0.05, 0.1) is 11.3 Å². The predicted molar refractivity (Wildman–Crippen MR) is 55.6 cm³/mol. The molecular weight excluding hydrogens is 271 g/mol. The molecule has 0 aliphatic carbocycles. The van der Waals surface area contributed by atoms with Gasteiger partial charge in [-0.3, -0.25) is 4.98 Å². The molecule has 0 radical (unpaired) electrons. The second-order valence-corrected chi connectivity index (χ2v) is 5.16. The van der Waals surface area contributed by atoms with E-state index in [1.807, 2.05) is 20.8 Å². The fourth-order valence-electron chi connectivity index (χ4n) is 1.14. The summed E-state index contributed by atoms with van der Waals surface area (Å²) in [7, 11) is 0. The Balaban J connectivity index is 3.21. The molecule has 0 saturated carbocycles. The fraction of sp³-hybridized carbons (Fsp3) is 0.500. The molecule has 0 saturated heterocycles. The van der Waals surface area contributed by atoms with Gasteiger partial charge in [-0.2, -0.15) is 13.2 Å². The Kier molecular flexibility index (Phi) is 3.14. The third kappa shape index (κ3) is 2.93. The second kappa shape index (κ2) is 3.77. The molecule has 0 N–H and O–H groups in total. The molecule has 15 heavy (non-hydrogen) atoms. The standard InChI is InChI=1S/C10H11BrF3N/c1-9(2,3)8-7(11)4-6(5-15-8)10(12,13)14/h4-5H,1-3H3. The fourth-order valence-corrected chi connectivity index (χ4v) is 2.09. The first-order valence-electron chi connectivity index (χ1n) is 4.35. The summed E-state index contributed by atoms with van der Waals surface area (Å²) in [5.41, 5.74) is -0.388. The van der Waals surface area contributed by atoms with Crippen LogP contribution in [-0.2, 0) is 11.6 Å². The number of rotatable bonds is 0. The van der Waals surface area contributed by atoms with Crippen molar-refractivity contribution in [2.24, 2.45) is 0 Å². The number of hydrogen-bond acceptors (Lipinski definition) is 1. The molecule has 1 rings (SSSR count). The molecule has 0 aliphatic heterocycles. The van der Waals surface area contributed by atoms with Crippen molar-refractivity contribution in [3.63, 3.8) is 0 Å². The van der Waals surface area contributed by atoms with Crippen LogP contribution in [0.25, 0.3) is 0 Å². The van der Waals surface area contributed by atoms with Crippen molar-refractivity contribution in [1.29, 1.82) is 0 Å². The summed E-state index contributed by atoms with van der Waals surface area (Å²) >= 11 is 3.11. The zero-order chi connectivity index (χ0) is 11.9. The van der Waals surface area contributed by atoms with Crippen LogP contribution in [0.2, 0.25) is 0 Å². The highest BCUT2D eigenvalue weighted by Gasteiger charge is 2.32. The topological polar surface area (TPSA) is 12.9 Å². The number of alkyl halides is 3. The van der Waals surface area contributed by atoms with E-state index in [0.29, 0.717) is 10.2 Å². The van der Waals surface area contributed by atoms with E-state index in [-0.39, 0.29) is 5.41 Å². The van der Waals surface area contributed by atoms with Gasteiger partial charge in [-0.1, -0.05) is 20.8 Å². The molecular formula is C10H11BrF3N. The van der Waals surface area contributed by atoms with Gasteiger partial charge in [0.25, 0.3) is 0 Å². The number of hydrogen-bond donors (Lipinski definition) is 0. The average Bonchev–Trinajstić information content (AvgIpc) is 1.99. The molecule has 5 heteroatoms. The van der Waals surface area contributed by atoms with Gasteiger partial charge < -0.3 is 0 Å². The minimum Gasteiger partial charge on any atom is -0.259 e. The van der Waals surface area contributed by atoms with Gasteiger partial charge in [0.15, 0.2) is 0 Å². The van der Waals surface area contributed by atoms with E-state index in [1.165, 1.54) is 0 Å².